The third-order valence-corrected chi connectivity index (χ3v) is 3.76. The Kier molecular flexibility index (Phi) is 4.98. The molecule has 1 amide bonds. The van der Waals surface area contributed by atoms with Gasteiger partial charge in [0.1, 0.15) is 18.5 Å². The summed E-state index contributed by atoms with van der Waals surface area (Å²) in [6.07, 6.45) is 0.753. The van der Waals surface area contributed by atoms with E-state index in [1.807, 2.05) is 54.6 Å². The summed E-state index contributed by atoms with van der Waals surface area (Å²) < 4.78 is 11.0. The van der Waals surface area contributed by atoms with Crippen molar-refractivity contribution < 1.29 is 14.3 Å². The topological polar surface area (TPSA) is 50.9 Å². The highest BCUT2D eigenvalue weighted by molar-refractivity contribution is 6.57. The second kappa shape index (κ2) is 7.33. The molecule has 4 nitrogen and oxygen atoms in total. The lowest BCUT2D eigenvalue weighted by atomic mass is 10.0. The van der Waals surface area contributed by atoms with Gasteiger partial charge in [-0.25, -0.2) is 0 Å². The maximum absolute atomic E-state index is 11.0. The first-order valence-corrected chi connectivity index (χ1v) is 7.64. The van der Waals surface area contributed by atoms with Crippen LogP contribution in [0, 0.1) is 0 Å². The molecule has 2 radical (unpaired) electrons. The van der Waals surface area contributed by atoms with Crippen LogP contribution < -0.4 is 10.1 Å². The molecular formula is C18H18BNO3. The van der Waals surface area contributed by atoms with Gasteiger partial charge >= 0.3 is 0 Å². The molecule has 0 saturated carbocycles. The molecule has 1 saturated heterocycles. The van der Waals surface area contributed by atoms with Crippen LogP contribution in [0.1, 0.15) is 11.1 Å². The lowest BCUT2D eigenvalue weighted by molar-refractivity contribution is 0.251. The van der Waals surface area contributed by atoms with Gasteiger partial charge in [-0.1, -0.05) is 42.5 Å². The summed E-state index contributed by atoms with van der Waals surface area (Å²) in [5.41, 5.74) is 2.24. The molecule has 0 unspecified atom stereocenters. The van der Waals surface area contributed by atoms with E-state index in [0.29, 0.717) is 19.6 Å². The van der Waals surface area contributed by atoms with Gasteiger partial charge in [0.05, 0.1) is 12.6 Å². The van der Waals surface area contributed by atoms with Crippen LogP contribution in [-0.2, 0) is 17.8 Å². The van der Waals surface area contributed by atoms with Crippen molar-refractivity contribution in [1.29, 1.82) is 0 Å². The number of carbonyl (C=O) groups is 1. The molecule has 2 aromatic rings. The highest BCUT2D eigenvalue weighted by Crippen LogP contribution is 2.20. The van der Waals surface area contributed by atoms with Gasteiger partial charge in [-0.2, -0.15) is 0 Å². The largest absolute Gasteiger partial charge is 0.489 e. The summed E-state index contributed by atoms with van der Waals surface area (Å²) in [7, 11) is 5.21. The van der Waals surface area contributed by atoms with Crippen molar-refractivity contribution in [3.05, 3.63) is 65.7 Å². The summed E-state index contributed by atoms with van der Waals surface area (Å²) in [6, 6.07) is 17.8. The number of amides is 1. The summed E-state index contributed by atoms with van der Waals surface area (Å²) in [5.74, 6) is 0.299. The predicted octanol–water partition coefficient (Wildman–Crippen LogP) is 2.45. The first kappa shape index (κ1) is 15.6. The van der Waals surface area contributed by atoms with E-state index >= 15 is 0 Å². The van der Waals surface area contributed by atoms with Crippen LogP contribution in [0.15, 0.2) is 54.6 Å². The molecule has 0 aromatic heterocycles. The van der Waals surface area contributed by atoms with E-state index in [1.54, 1.807) is 0 Å². The van der Waals surface area contributed by atoms with Crippen LogP contribution in [0.5, 0.6) is 5.75 Å². The Bertz CT molecular complexity index is 641. The Morgan fingerprint density at radius 1 is 1.17 bits per heavy atom. The van der Waals surface area contributed by atoms with E-state index in [2.05, 4.69) is 5.32 Å². The fraction of sp³-hybridized carbons (Fsp3) is 0.278. The number of rotatable bonds is 7. The summed E-state index contributed by atoms with van der Waals surface area (Å²) in [5, 5.41) is 2.73. The van der Waals surface area contributed by atoms with Crippen molar-refractivity contribution in [3.8, 4) is 5.75 Å². The molecule has 0 aliphatic carbocycles. The van der Waals surface area contributed by atoms with Crippen molar-refractivity contribution in [2.75, 3.05) is 6.61 Å². The van der Waals surface area contributed by atoms with Crippen LogP contribution in [0.2, 0.25) is 0 Å². The second-order valence-corrected chi connectivity index (χ2v) is 5.61. The lowest BCUT2D eigenvalue weighted by Gasteiger charge is -2.16. The zero-order chi connectivity index (χ0) is 16.1. The van der Waals surface area contributed by atoms with E-state index < -0.39 is 5.81 Å². The van der Waals surface area contributed by atoms with Gasteiger partial charge in [0, 0.05) is 0 Å². The van der Waals surface area contributed by atoms with Gasteiger partial charge < -0.3 is 14.8 Å². The van der Waals surface area contributed by atoms with E-state index in [1.165, 1.54) is 0 Å². The fourth-order valence-corrected chi connectivity index (χ4v) is 2.46. The minimum atomic E-state index is -0.520. The quantitative estimate of drug-likeness (QED) is 0.631. The van der Waals surface area contributed by atoms with Crippen LogP contribution >= 0.6 is 0 Å². The molecule has 116 valence electrons. The Labute approximate surface area is 137 Å². The van der Waals surface area contributed by atoms with Crippen LogP contribution in [0.4, 0.5) is 4.79 Å². The van der Waals surface area contributed by atoms with Gasteiger partial charge in [0.2, 0.25) is 7.85 Å². The number of hydrogen-bond acceptors (Lipinski definition) is 3. The van der Waals surface area contributed by atoms with Gasteiger partial charge in [-0.3, -0.25) is 4.79 Å². The van der Waals surface area contributed by atoms with E-state index in [4.69, 9.17) is 17.3 Å². The minimum Gasteiger partial charge on any atom is -0.489 e. The van der Waals surface area contributed by atoms with Crippen molar-refractivity contribution in [1.82, 2.24) is 5.32 Å². The molecule has 1 fully saturated rings. The van der Waals surface area contributed by atoms with E-state index in [9.17, 15) is 4.79 Å². The summed E-state index contributed by atoms with van der Waals surface area (Å²) >= 11 is 0. The molecule has 3 rings (SSSR count). The highest BCUT2D eigenvalue weighted by Gasteiger charge is 2.33. The molecule has 0 spiro atoms. The Morgan fingerprint density at radius 2 is 1.87 bits per heavy atom. The van der Waals surface area contributed by atoms with Crippen LogP contribution in [-0.4, -0.2) is 32.4 Å². The SMILES string of the molecule is [B]C(=O)N[C@H](Cc1ccc(OCc2ccccc2)cc1)[C@H]1CO1. The van der Waals surface area contributed by atoms with Crippen LogP contribution in [0.3, 0.4) is 0 Å². The second-order valence-electron chi connectivity index (χ2n) is 5.61. The third kappa shape index (κ3) is 4.86. The lowest BCUT2D eigenvalue weighted by Crippen LogP contribution is -2.39. The Hall–Kier alpha value is -2.27. The monoisotopic (exact) mass is 307 g/mol. The van der Waals surface area contributed by atoms with E-state index in [-0.39, 0.29) is 12.1 Å². The summed E-state index contributed by atoms with van der Waals surface area (Å²) in [6.45, 7) is 1.21. The van der Waals surface area contributed by atoms with Crippen LogP contribution in [0.25, 0.3) is 0 Å². The zero-order valence-corrected chi connectivity index (χ0v) is 12.8. The first-order valence-electron chi connectivity index (χ1n) is 7.64. The van der Waals surface area contributed by atoms with Gasteiger partial charge in [-0.05, 0) is 29.7 Å². The standard InChI is InChI=1S/C18H18BNO3/c19-18(21)20-16(17-12-23-17)10-13-6-8-15(9-7-13)22-11-14-4-2-1-3-5-14/h1-9,16-17H,10-12H2,(H,20,21)/t16-,17-/m1/s1. The van der Waals surface area contributed by atoms with Crippen molar-refractivity contribution in [2.45, 2.75) is 25.2 Å². The number of hydrogen-bond donors (Lipinski definition) is 1. The van der Waals surface area contributed by atoms with Gasteiger partial charge in [-0.15, -0.1) is 0 Å². The maximum Gasteiger partial charge on any atom is 0.200 e. The van der Waals surface area contributed by atoms with Crippen molar-refractivity contribution >= 4 is 13.7 Å². The van der Waals surface area contributed by atoms with E-state index in [0.717, 1.165) is 16.9 Å². The highest BCUT2D eigenvalue weighted by atomic mass is 16.6. The molecule has 1 aliphatic rings. The van der Waals surface area contributed by atoms with Gasteiger partial charge in [0.15, 0.2) is 5.81 Å². The molecule has 2 aromatic carbocycles. The zero-order valence-electron chi connectivity index (χ0n) is 12.8. The normalized spacial score (nSPS) is 17.3. The van der Waals surface area contributed by atoms with Crippen molar-refractivity contribution in [2.24, 2.45) is 0 Å². The maximum atomic E-state index is 11.0. The molecule has 0 bridgehead atoms. The molecular weight excluding hydrogens is 289 g/mol. The molecule has 1 N–H and O–H groups in total. The number of nitrogens with one attached hydrogen (secondary N) is 1. The predicted molar refractivity (Wildman–Crippen MR) is 88.7 cm³/mol. The minimum absolute atomic E-state index is 0.0662. The molecule has 2 atom stereocenters. The molecule has 23 heavy (non-hydrogen) atoms. The summed E-state index contributed by atoms with van der Waals surface area (Å²) in [4.78, 5) is 11.0. The molecule has 5 heteroatoms. The number of epoxide rings is 1. The smallest absolute Gasteiger partial charge is 0.200 e. The molecule has 1 heterocycles. The van der Waals surface area contributed by atoms with Gasteiger partial charge in [0.25, 0.3) is 0 Å². The average Bonchev–Trinajstić information content (AvgIpc) is 3.39. The number of carbonyl (C=O) groups excluding carboxylic acids is 1. The average molecular weight is 307 g/mol. The first-order chi connectivity index (χ1) is 11.2. The number of benzene rings is 2. The Morgan fingerprint density at radius 3 is 2.48 bits per heavy atom. The third-order valence-electron chi connectivity index (χ3n) is 3.76. The molecule has 1 aliphatic heterocycles. The Balaban J connectivity index is 1.55. The van der Waals surface area contributed by atoms with Crippen molar-refractivity contribution in [3.63, 3.8) is 0 Å². The number of ether oxygens (including phenoxy) is 2. The fourth-order valence-electron chi connectivity index (χ4n) is 2.46.